The molecule has 1 heterocycles. The summed E-state index contributed by atoms with van der Waals surface area (Å²) in [5, 5.41) is 3.13. The predicted molar refractivity (Wildman–Crippen MR) is 69.1 cm³/mol. The minimum absolute atomic E-state index is 0.0625. The van der Waals surface area contributed by atoms with E-state index in [1.165, 1.54) is 6.07 Å². The van der Waals surface area contributed by atoms with Crippen LogP contribution in [-0.4, -0.2) is 37.5 Å². The molecular formula is C14H19FN2O. The lowest BCUT2D eigenvalue weighted by molar-refractivity contribution is 0.0786. The Morgan fingerprint density at radius 2 is 2.33 bits per heavy atom. The van der Waals surface area contributed by atoms with Crippen LogP contribution in [0.3, 0.4) is 0 Å². The first-order valence-electron chi connectivity index (χ1n) is 6.32. The summed E-state index contributed by atoms with van der Waals surface area (Å²) >= 11 is 0. The fourth-order valence-electron chi connectivity index (χ4n) is 2.38. The monoisotopic (exact) mass is 250 g/mol. The van der Waals surface area contributed by atoms with Gasteiger partial charge in [-0.25, -0.2) is 4.39 Å². The van der Waals surface area contributed by atoms with Crippen molar-refractivity contribution in [2.45, 2.75) is 13.3 Å². The van der Waals surface area contributed by atoms with Crippen molar-refractivity contribution in [2.75, 3.05) is 26.7 Å². The Labute approximate surface area is 107 Å². The van der Waals surface area contributed by atoms with Gasteiger partial charge in [-0.2, -0.15) is 0 Å². The number of carbonyl (C=O) groups is 1. The smallest absolute Gasteiger partial charge is 0.253 e. The van der Waals surface area contributed by atoms with Crippen molar-refractivity contribution in [1.82, 2.24) is 10.2 Å². The van der Waals surface area contributed by atoms with Crippen LogP contribution in [0.4, 0.5) is 4.39 Å². The molecule has 0 spiro atoms. The van der Waals surface area contributed by atoms with Crippen molar-refractivity contribution in [3.63, 3.8) is 0 Å². The summed E-state index contributed by atoms with van der Waals surface area (Å²) < 4.78 is 13.4. The largest absolute Gasteiger partial charge is 0.338 e. The van der Waals surface area contributed by atoms with E-state index in [-0.39, 0.29) is 11.7 Å². The van der Waals surface area contributed by atoms with Crippen molar-refractivity contribution < 1.29 is 9.18 Å². The van der Waals surface area contributed by atoms with E-state index < -0.39 is 0 Å². The Morgan fingerprint density at radius 1 is 1.56 bits per heavy atom. The third-order valence-electron chi connectivity index (χ3n) is 3.48. The summed E-state index contributed by atoms with van der Waals surface area (Å²) in [5.74, 6) is 0.133. The lowest BCUT2D eigenvalue weighted by Gasteiger charge is -2.16. The second-order valence-corrected chi connectivity index (χ2v) is 4.93. The summed E-state index contributed by atoms with van der Waals surface area (Å²) in [7, 11) is 1.92. The number of halogens is 1. The topological polar surface area (TPSA) is 32.3 Å². The minimum atomic E-state index is -0.313. The highest BCUT2D eigenvalue weighted by Gasteiger charge is 2.26. The van der Waals surface area contributed by atoms with Crippen LogP contribution >= 0.6 is 0 Å². The van der Waals surface area contributed by atoms with E-state index in [2.05, 4.69) is 5.32 Å². The third-order valence-corrected chi connectivity index (χ3v) is 3.48. The fourth-order valence-corrected chi connectivity index (χ4v) is 2.38. The average Bonchev–Trinajstić information content (AvgIpc) is 2.81. The number of rotatable bonds is 3. The number of aryl methyl sites for hydroxylation is 1. The van der Waals surface area contributed by atoms with Crippen LogP contribution in [-0.2, 0) is 0 Å². The quantitative estimate of drug-likeness (QED) is 0.887. The molecule has 1 atom stereocenters. The number of nitrogens with zero attached hydrogens (tertiary/aromatic N) is 1. The molecule has 3 nitrogen and oxygen atoms in total. The SMILES string of the molecule is CNC[C@@H]1CCN(C(=O)c2ccc(C)c(F)c2)C1. The van der Waals surface area contributed by atoms with Crippen LogP contribution in [0.5, 0.6) is 0 Å². The number of amides is 1. The van der Waals surface area contributed by atoms with Crippen molar-refractivity contribution in [2.24, 2.45) is 5.92 Å². The Kier molecular flexibility index (Phi) is 3.97. The summed E-state index contributed by atoms with van der Waals surface area (Å²) in [6.07, 6.45) is 1.01. The molecule has 0 unspecified atom stereocenters. The van der Waals surface area contributed by atoms with Crippen LogP contribution in [0, 0.1) is 18.7 Å². The fraction of sp³-hybridized carbons (Fsp3) is 0.500. The molecule has 0 radical (unpaired) electrons. The van der Waals surface area contributed by atoms with Gasteiger partial charge < -0.3 is 10.2 Å². The molecule has 1 saturated heterocycles. The highest BCUT2D eigenvalue weighted by molar-refractivity contribution is 5.94. The number of carbonyl (C=O) groups excluding carboxylic acids is 1. The molecule has 1 aliphatic heterocycles. The highest BCUT2D eigenvalue weighted by atomic mass is 19.1. The normalized spacial score (nSPS) is 19.3. The molecule has 1 aromatic carbocycles. The zero-order valence-electron chi connectivity index (χ0n) is 10.9. The zero-order valence-corrected chi connectivity index (χ0v) is 10.9. The number of benzene rings is 1. The molecule has 0 aromatic heterocycles. The lowest BCUT2D eigenvalue weighted by Crippen LogP contribution is -2.30. The van der Waals surface area contributed by atoms with Gasteiger partial charge in [-0.1, -0.05) is 6.07 Å². The molecule has 1 aromatic rings. The molecule has 0 bridgehead atoms. The summed E-state index contributed by atoms with van der Waals surface area (Å²) in [6, 6.07) is 4.69. The maximum Gasteiger partial charge on any atom is 0.253 e. The molecule has 0 saturated carbocycles. The molecule has 1 N–H and O–H groups in total. The molecule has 4 heteroatoms. The van der Waals surface area contributed by atoms with Crippen LogP contribution in [0.15, 0.2) is 18.2 Å². The van der Waals surface area contributed by atoms with Gasteiger partial charge in [0.25, 0.3) is 5.91 Å². The molecular weight excluding hydrogens is 231 g/mol. The number of nitrogens with one attached hydrogen (secondary N) is 1. The lowest BCUT2D eigenvalue weighted by atomic mass is 10.1. The van der Waals surface area contributed by atoms with E-state index in [4.69, 9.17) is 0 Å². The first-order valence-corrected chi connectivity index (χ1v) is 6.32. The van der Waals surface area contributed by atoms with Crippen molar-refractivity contribution in [1.29, 1.82) is 0 Å². The molecule has 1 aliphatic rings. The zero-order chi connectivity index (χ0) is 13.1. The van der Waals surface area contributed by atoms with Gasteiger partial charge in [0.05, 0.1) is 0 Å². The van der Waals surface area contributed by atoms with Gasteiger partial charge in [0.1, 0.15) is 5.82 Å². The van der Waals surface area contributed by atoms with E-state index >= 15 is 0 Å². The predicted octanol–water partition coefficient (Wildman–Crippen LogP) is 1.82. The number of likely N-dealkylation sites (tertiary alicyclic amines) is 1. The number of hydrogen-bond donors (Lipinski definition) is 1. The molecule has 18 heavy (non-hydrogen) atoms. The first kappa shape index (κ1) is 13.0. The Balaban J connectivity index is 2.05. The van der Waals surface area contributed by atoms with Crippen LogP contribution in [0.2, 0.25) is 0 Å². The van der Waals surface area contributed by atoms with Crippen molar-refractivity contribution in [3.05, 3.63) is 35.1 Å². The van der Waals surface area contributed by atoms with Crippen LogP contribution in [0.25, 0.3) is 0 Å². The summed E-state index contributed by atoms with van der Waals surface area (Å²) in [5.41, 5.74) is 1.02. The minimum Gasteiger partial charge on any atom is -0.338 e. The van der Waals surface area contributed by atoms with Crippen molar-refractivity contribution in [3.8, 4) is 0 Å². The second-order valence-electron chi connectivity index (χ2n) is 4.93. The Hall–Kier alpha value is -1.42. The van der Waals surface area contributed by atoms with Crippen molar-refractivity contribution >= 4 is 5.91 Å². The van der Waals surface area contributed by atoms with E-state index in [0.29, 0.717) is 17.0 Å². The highest BCUT2D eigenvalue weighted by Crippen LogP contribution is 2.19. The van der Waals surface area contributed by atoms with Gasteiger partial charge >= 0.3 is 0 Å². The van der Waals surface area contributed by atoms with Gasteiger partial charge in [-0.3, -0.25) is 4.79 Å². The van der Waals surface area contributed by atoms with Crippen LogP contribution < -0.4 is 5.32 Å². The van der Waals surface area contributed by atoms with Gasteiger partial charge in [0.15, 0.2) is 0 Å². The molecule has 2 rings (SSSR count). The summed E-state index contributed by atoms with van der Waals surface area (Å²) in [4.78, 5) is 14.0. The second kappa shape index (κ2) is 5.48. The number of hydrogen-bond acceptors (Lipinski definition) is 2. The van der Waals surface area contributed by atoms with Gasteiger partial charge in [0.2, 0.25) is 0 Å². The third kappa shape index (κ3) is 2.70. The van der Waals surface area contributed by atoms with Gasteiger partial charge in [0, 0.05) is 18.7 Å². The average molecular weight is 250 g/mol. The van der Waals surface area contributed by atoms with E-state index in [1.54, 1.807) is 19.1 Å². The summed E-state index contributed by atoms with van der Waals surface area (Å²) in [6.45, 7) is 4.14. The van der Waals surface area contributed by atoms with E-state index in [9.17, 15) is 9.18 Å². The Morgan fingerprint density at radius 3 is 3.00 bits per heavy atom. The van der Waals surface area contributed by atoms with E-state index in [1.807, 2.05) is 11.9 Å². The maximum absolute atomic E-state index is 13.4. The molecule has 1 fully saturated rings. The molecule has 1 amide bonds. The maximum atomic E-state index is 13.4. The van der Waals surface area contributed by atoms with E-state index in [0.717, 1.165) is 26.1 Å². The molecule has 98 valence electrons. The Bertz CT molecular complexity index is 447. The standard InChI is InChI=1S/C14H19FN2O/c1-10-3-4-12(7-13(10)15)14(18)17-6-5-11(9-17)8-16-2/h3-4,7,11,16H,5-6,8-9H2,1-2H3/t11-/m0/s1. The first-order chi connectivity index (χ1) is 8.61. The van der Waals surface area contributed by atoms with Gasteiger partial charge in [-0.05, 0) is 50.6 Å². The van der Waals surface area contributed by atoms with Gasteiger partial charge in [-0.15, -0.1) is 0 Å². The molecule has 0 aliphatic carbocycles. The van der Waals surface area contributed by atoms with Crippen LogP contribution in [0.1, 0.15) is 22.3 Å².